The third-order valence-electron chi connectivity index (χ3n) is 1.62. The Morgan fingerprint density at radius 1 is 1.44 bits per heavy atom. The van der Waals surface area contributed by atoms with Crippen LogP contribution in [0.4, 0.5) is 10.5 Å². The molecular weight excluding hydrogens is 276 g/mol. The van der Waals surface area contributed by atoms with Gasteiger partial charge in [0.1, 0.15) is 11.6 Å². The van der Waals surface area contributed by atoms with Crippen LogP contribution in [-0.4, -0.2) is 23.7 Å². The van der Waals surface area contributed by atoms with Crippen molar-refractivity contribution < 1.29 is 14.6 Å². The van der Waals surface area contributed by atoms with Gasteiger partial charge in [0.05, 0.1) is 16.6 Å². The predicted molar refractivity (Wildman–Crippen MR) is 63.8 cm³/mol. The number of nitrogens with one attached hydrogen (secondary N) is 1. The highest BCUT2D eigenvalue weighted by molar-refractivity contribution is 6.43. The van der Waals surface area contributed by atoms with Crippen LogP contribution in [0, 0.1) is 0 Å². The largest absolute Gasteiger partial charge is 0.504 e. The van der Waals surface area contributed by atoms with E-state index in [0.29, 0.717) is 0 Å². The number of amides is 1. The van der Waals surface area contributed by atoms with E-state index >= 15 is 0 Å². The lowest BCUT2D eigenvalue weighted by atomic mass is 10.3. The van der Waals surface area contributed by atoms with Crippen molar-refractivity contribution in [2.75, 3.05) is 17.8 Å². The van der Waals surface area contributed by atoms with E-state index in [2.05, 4.69) is 10.1 Å². The van der Waals surface area contributed by atoms with Gasteiger partial charge in [0.2, 0.25) is 0 Å². The second kappa shape index (κ2) is 6.03. The summed E-state index contributed by atoms with van der Waals surface area (Å²) in [6.45, 7) is 0.0788. The van der Waals surface area contributed by atoms with Crippen LogP contribution in [0.15, 0.2) is 12.1 Å². The van der Waals surface area contributed by atoms with E-state index in [1.165, 1.54) is 12.1 Å². The number of aromatic hydroxyl groups is 1. The third-order valence-corrected chi connectivity index (χ3v) is 2.56. The van der Waals surface area contributed by atoms with E-state index in [0.717, 1.165) is 0 Å². The number of halogens is 3. The average molecular weight is 285 g/mol. The Morgan fingerprint density at radius 3 is 2.75 bits per heavy atom. The number of hydrogen-bond acceptors (Lipinski definition) is 3. The molecule has 0 aliphatic heterocycles. The van der Waals surface area contributed by atoms with Gasteiger partial charge in [-0.3, -0.25) is 5.32 Å². The Labute approximate surface area is 107 Å². The van der Waals surface area contributed by atoms with Crippen molar-refractivity contribution in [1.29, 1.82) is 0 Å². The molecular formula is C9H8Cl3NO3. The zero-order valence-electron chi connectivity index (χ0n) is 7.97. The second-order valence-corrected chi connectivity index (χ2v) is 3.87. The first-order valence-electron chi connectivity index (χ1n) is 4.23. The smallest absolute Gasteiger partial charge is 0.411 e. The molecule has 0 bridgehead atoms. The minimum absolute atomic E-state index is 0.0307. The SMILES string of the molecule is O=C(Nc1ccc(Cl)c(Cl)c1O)OCCCl. The lowest BCUT2D eigenvalue weighted by Crippen LogP contribution is -2.15. The van der Waals surface area contributed by atoms with Gasteiger partial charge in [0.25, 0.3) is 0 Å². The molecule has 0 saturated carbocycles. The highest BCUT2D eigenvalue weighted by Crippen LogP contribution is 2.37. The van der Waals surface area contributed by atoms with Gasteiger partial charge in [0.15, 0.2) is 5.75 Å². The number of carbonyl (C=O) groups excluding carboxylic acids is 1. The fourth-order valence-electron chi connectivity index (χ4n) is 0.918. The molecule has 0 aliphatic carbocycles. The number of benzene rings is 1. The summed E-state index contributed by atoms with van der Waals surface area (Å²) in [5, 5.41) is 12.0. The summed E-state index contributed by atoms with van der Waals surface area (Å²) in [5.41, 5.74) is 0.119. The first-order chi connectivity index (χ1) is 7.56. The van der Waals surface area contributed by atoms with Crippen molar-refractivity contribution in [3.05, 3.63) is 22.2 Å². The first-order valence-corrected chi connectivity index (χ1v) is 5.52. The zero-order valence-corrected chi connectivity index (χ0v) is 10.2. The Hall–Kier alpha value is -0.840. The Bertz CT molecular complexity index is 398. The number of hydrogen-bond donors (Lipinski definition) is 2. The van der Waals surface area contributed by atoms with E-state index in [1.54, 1.807) is 0 Å². The predicted octanol–water partition coefficient (Wildman–Crippen LogP) is 3.49. The van der Waals surface area contributed by atoms with Crippen LogP contribution in [0.25, 0.3) is 0 Å². The van der Waals surface area contributed by atoms with Gasteiger partial charge >= 0.3 is 6.09 Å². The fourth-order valence-corrected chi connectivity index (χ4v) is 1.31. The molecule has 16 heavy (non-hydrogen) atoms. The van der Waals surface area contributed by atoms with Gasteiger partial charge in [-0.25, -0.2) is 4.79 Å². The van der Waals surface area contributed by atoms with Crippen LogP contribution >= 0.6 is 34.8 Å². The van der Waals surface area contributed by atoms with Crippen molar-refractivity contribution in [3.63, 3.8) is 0 Å². The van der Waals surface area contributed by atoms with E-state index in [4.69, 9.17) is 34.8 Å². The second-order valence-electron chi connectivity index (χ2n) is 2.71. The van der Waals surface area contributed by atoms with Crippen molar-refractivity contribution in [2.45, 2.75) is 0 Å². The molecule has 2 N–H and O–H groups in total. The van der Waals surface area contributed by atoms with Crippen molar-refractivity contribution in [2.24, 2.45) is 0 Å². The molecule has 0 unspecified atom stereocenters. The van der Waals surface area contributed by atoms with Crippen LogP contribution in [-0.2, 0) is 4.74 Å². The molecule has 7 heteroatoms. The Balaban J connectivity index is 2.74. The topological polar surface area (TPSA) is 58.6 Å². The zero-order chi connectivity index (χ0) is 12.1. The number of phenols is 1. The molecule has 88 valence electrons. The van der Waals surface area contributed by atoms with E-state index in [1.807, 2.05) is 0 Å². The molecule has 0 heterocycles. The van der Waals surface area contributed by atoms with Crippen LogP contribution in [0.3, 0.4) is 0 Å². The molecule has 0 aromatic heterocycles. The monoisotopic (exact) mass is 283 g/mol. The maximum Gasteiger partial charge on any atom is 0.411 e. The van der Waals surface area contributed by atoms with Crippen LogP contribution in [0.1, 0.15) is 0 Å². The van der Waals surface area contributed by atoms with E-state index in [9.17, 15) is 9.90 Å². The van der Waals surface area contributed by atoms with Gasteiger partial charge in [0, 0.05) is 0 Å². The number of ether oxygens (including phenoxy) is 1. The van der Waals surface area contributed by atoms with Gasteiger partial charge in [-0.05, 0) is 12.1 Å². The number of phenolic OH excluding ortho intramolecular Hbond substituents is 1. The molecule has 4 nitrogen and oxygen atoms in total. The van der Waals surface area contributed by atoms with Gasteiger partial charge in [-0.15, -0.1) is 11.6 Å². The quantitative estimate of drug-likeness (QED) is 0.660. The number of alkyl halides is 1. The van der Waals surface area contributed by atoms with Crippen LogP contribution in [0.2, 0.25) is 10.0 Å². The molecule has 0 fully saturated rings. The third kappa shape index (κ3) is 3.33. The molecule has 1 aromatic rings. The number of anilines is 1. The van der Waals surface area contributed by atoms with Gasteiger partial charge in [-0.1, -0.05) is 23.2 Å². The van der Waals surface area contributed by atoms with Gasteiger partial charge < -0.3 is 9.84 Å². The average Bonchev–Trinajstić information content (AvgIpc) is 2.27. The van der Waals surface area contributed by atoms with Crippen LogP contribution in [0.5, 0.6) is 5.75 Å². The summed E-state index contributed by atoms with van der Waals surface area (Å²) in [7, 11) is 0. The minimum atomic E-state index is -0.727. The highest BCUT2D eigenvalue weighted by Gasteiger charge is 2.12. The summed E-state index contributed by atoms with van der Waals surface area (Å²) in [6, 6.07) is 2.85. The minimum Gasteiger partial charge on any atom is -0.504 e. The number of carbonyl (C=O) groups is 1. The number of rotatable bonds is 3. The van der Waals surface area contributed by atoms with Crippen LogP contribution < -0.4 is 5.32 Å². The Morgan fingerprint density at radius 2 is 2.12 bits per heavy atom. The molecule has 1 aromatic carbocycles. The van der Waals surface area contributed by atoms with Crippen molar-refractivity contribution >= 4 is 46.6 Å². The standard InChI is InChI=1S/C9H8Cl3NO3/c10-3-4-16-9(15)13-6-2-1-5(11)7(12)8(6)14/h1-2,14H,3-4H2,(H,13,15). The molecule has 1 amide bonds. The fraction of sp³-hybridized carbons (Fsp3) is 0.222. The van der Waals surface area contributed by atoms with Gasteiger partial charge in [-0.2, -0.15) is 0 Å². The van der Waals surface area contributed by atoms with E-state index < -0.39 is 6.09 Å². The van der Waals surface area contributed by atoms with Crippen molar-refractivity contribution in [3.8, 4) is 5.75 Å². The summed E-state index contributed by atoms with van der Waals surface area (Å²) < 4.78 is 4.65. The highest BCUT2D eigenvalue weighted by atomic mass is 35.5. The maximum absolute atomic E-state index is 11.1. The summed E-state index contributed by atoms with van der Waals surface area (Å²) in [6.07, 6.45) is -0.727. The normalized spacial score (nSPS) is 9.94. The molecule has 1 rings (SSSR count). The molecule has 0 radical (unpaired) electrons. The lowest BCUT2D eigenvalue weighted by molar-refractivity contribution is 0.168. The lowest BCUT2D eigenvalue weighted by Gasteiger charge is -2.09. The summed E-state index contributed by atoms with van der Waals surface area (Å²) in [4.78, 5) is 11.1. The summed E-state index contributed by atoms with van der Waals surface area (Å²) in [5.74, 6) is -0.113. The Kier molecular flexibility index (Phi) is 4.99. The summed E-state index contributed by atoms with van der Waals surface area (Å²) >= 11 is 16.7. The van der Waals surface area contributed by atoms with E-state index in [-0.39, 0.29) is 34.0 Å². The maximum atomic E-state index is 11.1. The molecule has 0 saturated heterocycles. The molecule has 0 spiro atoms. The first kappa shape index (κ1) is 13.2. The molecule has 0 atom stereocenters. The molecule has 0 aliphatic rings. The van der Waals surface area contributed by atoms with Crippen molar-refractivity contribution in [1.82, 2.24) is 0 Å².